The first-order valence-corrected chi connectivity index (χ1v) is 9.14. The van der Waals surface area contributed by atoms with Gasteiger partial charge in [0.05, 0.1) is 18.8 Å². The van der Waals surface area contributed by atoms with E-state index in [2.05, 4.69) is 27.2 Å². The zero-order valence-electron chi connectivity index (χ0n) is 15.9. The molecule has 1 saturated heterocycles. The van der Waals surface area contributed by atoms with E-state index >= 15 is 0 Å². The first kappa shape index (κ1) is 20.9. The molecule has 1 amide bonds. The van der Waals surface area contributed by atoms with E-state index in [4.69, 9.17) is 4.74 Å². The zero-order valence-corrected chi connectivity index (χ0v) is 15.9. The number of carbonyl (C=O) groups is 1. The van der Waals surface area contributed by atoms with E-state index in [1.807, 2.05) is 0 Å². The van der Waals surface area contributed by atoms with Crippen molar-refractivity contribution >= 4 is 5.91 Å². The minimum atomic E-state index is -4.42. The van der Waals surface area contributed by atoms with E-state index in [1.165, 1.54) is 22.9 Å². The molecule has 0 aliphatic carbocycles. The number of carbonyl (C=O) groups excluding carboxylic acids is 1. The number of nitrogens with zero attached hydrogens (tertiary/aromatic N) is 3. The predicted molar refractivity (Wildman–Crippen MR) is 100 cm³/mol. The Morgan fingerprint density at radius 2 is 2.00 bits per heavy atom. The van der Waals surface area contributed by atoms with Gasteiger partial charge in [-0.25, -0.2) is 0 Å². The van der Waals surface area contributed by atoms with Gasteiger partial charge in [-0.05, 0) is 24.1 Å². The van der Waals surface area contributed by atoms with E-state index in [0.29, 0.717) is 25.5 Å². The number of hydrogen-bond acceptors (Lipinski definition) is 4. The van der Waals surface area contributed by atoms with Gasteiger partial charge >= 0.3 is 6.18 Å². The van der Waals surface area contributed by atoms with Crippen molar-refractivity contribution in [1.82, 2.24) is 20.0 Å². The van der Waals surface area contributed by atoms with Crippen LogP contribution >= 0.6 is 0 Å². The quantitative estimate of drug-likeness (QED) is 0.788. The van der Waals surface area contributed by atoms with Crippen LogP contribution in [0.5, 0.6) is 0 Å². The number of nitrogens with one attached hydrogen (secondary N) is 1. The van der Waals surface area contributed by atoms with Crippen molar-refractivity contribution in [2.24, 2.45) is 7.05 Å². The van der Waals surface area contributed by atoms with Crippen LogP contribution in [0.2, 0.25) is 0 Å². The van der Waals surface area contributed by atoms with E-state index < -0.39 is 11.7 Å². The highest BCUT2D eigenvalue weighted by atomic mass is 19.4. The molecule has 154 valence electrons. The normalized spacial score (nSPS) is 14.9. The van der Waals surface area contributed by atoms with Gasteiger partial charge < -0.3 is 10.1 Å². The van der Waals surface area contributed by atoms with Gasteiger partial charge in [-0.15, -0.1) is 0 Å². The molecule has 1 aromatic carbocycles. The summed E-state index contributed by atoms with van der Waals surface area (Å²) in [6.45, 7) is 4.29. The van der Waals surface area contributed by atoms with Crippen molar-refractivity contribution in [3.8, 4) is 11.8 Å². The second-order valence-electron chi connectivity index (χ2n) is 6.58. The van der Waals surface area contributed by atoms with Crippen LogP contribution in [-0.4, -0.2) is 60.0 Å². The summed E-state index contributed by atoms with van der Waals surface area (Å²) in [7, 11) is 1.63. The monoisotopic (exact) mass is 406 g/mol. The third-order valence-corrected chi connectivity index (χ3v) is 4.45. The summed E-state index contributed by atoms with van der Waals surface area (Å²) >= 11 is 0. The lowest BCUT2D eigenvalue weighted by molar-refractivity contribution is -0.137. The number of hydrogen-bond donors (Lipinski definition) is 1. The molecule has 9 heteroatoms. The molecule has 0 spiro atoms. The van der Waals surface area contributed by atoms with Gasteiger partial charge in [0.25, 0.3) is 5.91 Å². The van der Waals surface area contributed by atoms with Crippen LogP contribution in [0.3, 0.4) is 0 Å². The Hall–Kier alpha value is -2.83. The van der Waals surface area contributed by atoms with Crippen molar-refractivity contribution in [3.05, 3.63) is 52.8 Å². The third kappa shape index (κ3) is 5.82. The van der Waals surface area contributed by atoms with Crippen LogP contribution in [0, 0.1) is 11.8 Å². The van der Waals surface area contributed by atoms with Gasteiger partial charge in [0.15, 0.2) is 5.69 Å². The molecule has 1 fully saturated rings. The van der Waals surface area contributed by atoms with Crippen LogP contribution < -0.4 is 5.32 Å². The number of benzene rings is 1. The highest BCUT2D eigenvalue weighted by Crippen LogP contribution is 2.29. The molecular formula is C20H21F3N4O2. The Morgan fingerprint density at radius 1 is 1.24 bits per heavy atom. The highest BCUT2D eigenvalue weighted by Gasteiger charge is 2.30. The number of amides is 1. The molecule has 2 heterocycles. The molecule has 0 bridgehead atoms. The fourth-order valence-corrected chi connectivity index (χ4v) is 2.85. The fraction of sp³-hybridized carbons (Fsp3) is 0.400. The summed E-state index contributed by atoms with van der Waals surface area (Å²) < 4.78 is 45.1. The number of aromatic nitrogens is 2. The minimum Gasteiger partial charge on any atom is -0.379 e. The molecule has 3 rings (SSSR count). The van der Waals surface area contributed by atoms with Crippen molar-refractivity contribution in [3.63, 3.8) is 0 Å². The molecule has 0 atom stereocenters. The largest absolute Gasteiger partial charge is 0.416 e. The molecule has 0 saturated carbocycles. The fourth-order valence-electron chi connectivity index (χ4n) is 2.85. The maximum Gasteiger partial charge on any atom is 0.416 e. The Labute approximate surface area is 166 Å². The SMILES string of the molecule is Cn1nc(C(=O)NCCN2CCOCC2)cc1C#Cc1cccc(C(F)(F)F)c1. The molecule has 1 aliphatic rings. The number of morpholine rings is 1. The zero-order chi connectivity index (χ0) is 20.9. The van der Waals surface area contributed by atoms with Crippen molar-refractivity contribution in [1.29, 1.82) is 0 Å². The van der Waals surface area contributed by atoms with Crippen molar-refractivity contribution in [2.75, 3.05) is 39.4 Å². The smallest absolute Gasteiger partial charge is 0.379 e. The van der Waals surface area contributed by atoms with Gasteiger partial charge in [0.2, 0.25) is 0 Å². The minimum absolute atomic E-state index is 0.211. The lowest BCUT2D eigenvalue weighted by Crippen LogP contribution is -2.41. The number of rotatable bonds is 4. The van der Waals surface area contributed by atoms with Gasteiger partial charge in [0.1, 0.15) is 5.69 Å². The van der Waals surface area contributed by atoms with E-state index in [-0.39, 0.29) is 17.2 Å². The van der Waals surface area contributed by atoms with Gasteiger partial charge in [-0.2, -0.15) is 18.3 Å². The summed E-state index contributed by atoms with van der Waals surface area (Å²) in [5.41, 5.74) is 0.121. The van der Waals surface area contributed by atoms with Gasteiger partial charge in [0, 0.05) is 44.9 Å². The lowest BCUT2D eigenvalue weighted by atomic mass is 10.1. The Morgan fingerprint density at radius 3 is 2.72 bits per heavy atom. The van der Waals surface area contributed by atoms with Gasteiger partial charge in [-0.1, -0.05) is 12.0 Å². The topological polar surface area (TPSA) is 59.4 Å². The van der Waals surface area contributed by atoms with Crippen molar-refractivity contribution < 1.29 is 22.7 Å². The summed E-state index contributed by atoms with van der Waals surface area (Å²) in [6, 6.07) is 6.31. The number of aryl methyl sites for hydroxylation is 1. The maximum atomic E-state index is 12.8. The average molecular weight is 406 g/mol. The molecule has 0 unspecified atom stereocenters. The Balaban J connectivity index is 1.62. The summed E-state index contributed by atoms with van der Waals surface area (Å²) in [5, 5.41) is 6.95. The van der Waals surface area contributed by atoms with Crippen LogP contribution in [-0.2, 0) is 18.0 Å². The first-order valence-electron chi connectivity index (χ1n) is 9.14. The molecule has 0 radical (unpaired) electrons. The van der Waals surface area contributed by atoms with E-state index in [0.717, 1.165) is 31.8 Å². The molecule has 1 N–H and O–H groups in total. The number of alkyl halides is 3. The van der Waals surface area contributed by atoms with Crippen LogP contribution in [0.25, 0.3) is 0 Å². The summed E-state index contributed by atoms with van der Waals surface area (Å²) in [5.74, 6) is 5.15. The van der Waals surface area contributed by atoms with E-state index in [9.17, 15) is 18.0 Å². The maximum absolute atomic E-state index is 12.8. The number of ether oxygens (including phenoxy) is 1. The second kappa shape index (κ2) is 9.11. The Bertz CT molecular complexity index is 922. The van der Waals surface area contributed by atoms with Crippen LogP contribution in [0.4, 0.5) is 13.2 Å². The van der Waals surface area contributed by atoms with Gasteiger partial charge in [-0.3, -0.25) is 14.4 Å². The highest BCUT2D eigenvalue weighted by molar-refractivity contribution is 5.92. The third-order valence-electron chi connectivity index (χ3n) is 4.45. The van der Waals surface area contributed by atoms with Crippen LogP contribution in [0.15, 0.2) is 30.3 Å². The predicted octanol–water partition coefficient (Wildman–Crippen LogP) is 1.90. The molecule has 2 aromatic rings. The molecular weight excluding hydrogens is 385 g/mol. The molecule has 29 heavy (non-hydrogen) atoms. The summed E-state index contributed by atoms with van der Waals surface area (Å²) in [6.07, 6.45) is -4.42. The molecule has 1 aliphatic heterocycles. The molecule has 6 nitrogen and oxygen atoms in total. The van der Waals surface area contributed by atoms with Crippen molar-refractivity contribution in [2.45, 2.75) is 6.18 Å². The van der Waals surface area contributed by atoms with Crippen LogP contribution in [0.1, 0.15) is 27.3 Å². The number of halogens is 3. The Kier molecular flexibility index (Phi) is 6.56. The molecule has 1 aromatic heterocycles. The van der Waals surface area contributed by atoms with E-state index in [1.54, 1.807) is 7.05 Å². The first-order chi connectivity index (χ1) is 13.8. The second-order valence-corrected chi connectivity index (χ2v) is 6.58. The summed E-state index contributed by atoms with van der Waals surface area (Å²) in [4.78, 5) is 14.5. The standard InChI is InChI=1S/C20H21F3N4O2/c1-26-17(6-5-15-3-2-4-16(13-15)20(21,22)23)14-18(25-26)19(28)24-7-8-27-9-11-29-12-10-27/h2-4,13-14H,7-12H2,1H3,(H,24,28). The lowest BCUT2D eigenvalue weighted by Gasteiger charge is -2.26. The average Bonchev–Trinajstić information content (AvgIpc) is 3.07.